The second-order valence-electron chi connectivity index (χ2n) is 4.32. The lowest BCUT2D eigenvalue weighted by Gasteiger charge is -2.22. The van der Waals surface area contributed by atoms with Crippen molar-refractivity contribution in [3.8, 4) is 11.5 Å². The van der Waals surface area contributed by atoms with Crippen molar-refractivity contribution in [3.63, 3.8) is 0 Å². The summed E-state index contributed by atoms with van der Waals surface area (Å²) in [6.45, 7) is 3.62. The highest BCUT2D eigenvalue weighted by Crippen LogP contribution is 2.24. The van der Waals surface area contributed by atoms with E-state index in [1.807, 2.05) is 0 Å². The fourth-order valence-electron chi connectivity index (χ4n) is 1.81. The molecule has 0 heterocycles. The SMILES string of the molecule is CCCCN(CCN)C(=O)c1ccc(OC)cc1O. The van der Waals surface area contributed by atoms with Crippen molar-refractivity contribution in [1.82, 2.24) is 4.90 Å². The maximum Gasteiger partial charge on any atom is 0.257 e. The first-order chi connectivity index (χ1) is 9.13. The molecular formula is C14H22N2O3. The summed E-state index contributed by atoms with van der Waals surface area (Å²) in [5.74, 6) is 0.259. The van der Waals surface area contributed by atoms with Gasteiger partial charge in [-0.05, 0) is 18.6 Å². The summed E-state index contributed by atoms with van der Waals surface area (Å²) >= 11 is 0. The van der Waals surface area contributed by atoms with Crippen LogP contribution in [-0.2, 0) is 0 Å². The lowest BCUT2D eigenvalue weighted by atomic mass is 10.1. The fraction of sp³-hybridized carbons (Fsp3) is 0.500. The molecule has 0 saturated carbocycles. The van der Waals surface area contributed by atoms with Gasteiger partial charge in [-0.1, -0.05) is 13.3 Å². The van der Waals surface area contributed by atoms with E-state index < -0.39 is 0 Å². The van der Waals surface area contributed by atoms with Crippen molar-refractivity contribution >= 4 is 5.91 Å². The largest absolute Gasteiger partial charge is 0.507 e. The Labute approximate surface area is 114 Å². The number of carbonyl (C=O) groups is 1. The maximum absolute atomic E-state index is 12.3. The topological polar surface area (TPSA) is 75.8 Å². The summed E-state index contributed by atoms with van der Waals surface area (Å²) in [5, 5.41) is 9.88. The second-order valence-corrected chi connectivity index (χ2v) is 4.32. The van der Waals surface area contributed by atoms with E-state index in [2.05, 4.69) is 6.92 Å². The summed E-state index contributed by atoms with van der Waals surface area (Å²) in [5.41, 5.74) is 5.81. The molecule has 0 bridgehead atoms. The van der Waals surface area contributed by atoms with Crippen LogP contribution in [0, 0.1) is 0 Å². The molecule has 1 aromatic rings. The number of rotatable bonds is 7. The van der Waals surface area contributed by atoms with Gasteiger partial charge in [-0.2, -0.15) is 0 Å². The summed E-state index contributed by atoms with van der Waals surface area (Å²) < 4.78 is 5.00. The number of hydrogen-bond donors (Lipinski definition) is 2. The van der Waals surface area contributed by atoms with Crippen molar-refractivity contribution in [2.45, 2.75) is 19.8 Å². The summed E-state index contributed by atoms with van der Waals surface area (Å²) in [6, 6.07) is 4.67. The van der Waals surface area contributed by atoms with E-state index in [0.717, 1.165) is 12.8 Å². The number of methoxy groups -OCH3 is 1. The smallest absolute Gasteiger partial charge is 0.257 e. The Bertz CT molecular complexity index is 421. The number of amides is 1. The third-order valence-electron chi connectivity index (χ3n) is 2.90. The molecule has 0 aliphatic rings. The van der Waals surface area contributed by atoms with Gasteiger partial charge < -0.3 is 20.5 Å². The quantitative estimate of drug-likeness (QED) is 0.786. The average molecular weight is 266 g/mol. The van der Waals surface area contributed by atoms with Crippen molar-refractivity contribution in [3.05, 3.63) is 23.8 Å². The average Bonchev–Trinajstić information content (AvgIpc) is 2.42. The van der Waals surface area contributed by atoms with E-state index in [0.29, 0.717) is 25.4 Å². The number of carbonyl (C=O) groups excluding carboxylic acids is 1. The summed E-state index contributed by atoms with van der Waals surface area (Å²) in [6.07, 6.45) is 1.92. The van der Waals surface area contributed by atoms with Crippen molar-refractivity contribution in [2.24, 2.45) is 5.73 Å². The molecule has 0 radical (unpaired) electrons. The first-order valence-corrected chi connectivity index (χ1v) is 6.50. The van der Waals surface area contributed by atoms with E-state index >= 15 is 0 Å². The van der Waals surface area contributed by atoms with E-state index in [1.165, 1.54) is 13.2 Å². The molecule has 5 nitrogen and oxygen atoms in total. The molecule has 0 fully saturated rings. The summed E-state index contributed by atoms with van der Waals surface area (Å²) in [4.78, 5) is 14.0. The number of phenols is 1. The Morgan fingerprint density at radius 2 is 2.16 bits per heavy atom. The molecule has 3 N–H and O–H groups in total. The third kappa shape index (κ3) is 4.13. The van der Waals surface area contributed by atoms with E-state index in [1.54, 1.807) is 17.0 Å². The lowest BCUT2D eigenvalue weighted by molar-refractivity contribution is 0.0755. The van der Waals surface area contributed by atoms with Gasteiger partial charge in [-0.3, -0.25) is 4.79 Å². The Balaban J connectivity index is 2.89. The van der Waals surface area contributed by atoms with Gasteiger partial charge in [0.1, 0.15) is 11.5 Å². The first kappa shape index (κ1) is 15.3. The zero-order valence-corrected chi connectivity index (χ0v) is 11.6. The molecule has 106 valence electrons. The van der Waals surface area contributed by atoms with Gasteiger partial charge in [-0.25, -0.2) is 0 Å². The molecule has 0 spiro atoms. The van der Waals surface area contributed by atoms with Crippen molar-refractivity contribution in [2.75, 3.05) is 26.7 Å². The van der Waals surface area contributed by atoms with Crippen LogP contribution in [0.25, 0.3) is 0 Å². The second kappa shape index (κ2) is 7.63. The Morgan fingerprint density at radius 1 is 1.42 bits per heavy atom. The van der Waals surface area contributed by atoms with Gasteiger partial charge in [0.15, 0.2) is 0 Å². The standard InChI is InChI=1S/C14H22N2O3/c1-3-4-8-16(9-7-15)14(18)12-6-5-11(19-2)10-13(12)17/h5-6,10,17H,3-4,7-9,15H2,1-2H3. The maximum atomic E-state index is 12.3. The zero-order chi connectivity index (χ0) is 14.3. The highest BCUT2D eigenvalue weighted by Gasteiger charge is 2.18. The number of aromatic hydroxyl groups is 1. The predicted octanol–water partition coefficient (Wildman–Crippen LogP) is 1.60. The van der Waals surface area contributed by atoms with E-state index in [-0.39, 0.29) is 17.2 Å². The molecule has 1 rings (SSSR count). The molecular weight excluding hydrogens is 244 g/mol. The minimum atomic E-state index is -0.195. The van der Waals surface area contributed by atoms with Crippen LogP contribution < -0.4 is 10.5 Å². The van der Waals surface area contributed by atoms with Crippen LogP contribution in [0.5, 0.6) is 11.5 Å². The van der Waals surface area contributed by atoms with Crippen LogP contribution in [0.15, 0.2) is 18.2 Å². The lowest BCUT2D eigenvalue weighted by Crippen LogP contribution is -2.36. The zero-order valence-electron chi connectivity index (χ0n) is 11.6. The van der Waals surface area contributed by atoms with Crippen LogP contribution >= 0.6 is 0 Å². The van der Waals surface area contributed by atoms with E-state index in [9.17, 15) is 9.90 Å². The number of nitrogens with two attached hydrogens (primary N) is 1. The number of nitrogens with zero attached hydrogens (tertiary/aromatic N) is 1. The number of ether oxygens (including phenoxy) is 1. The third-order valence-corrected chi connectivity index (χ3v) is 2.90. The minimum Gasteiger partial charge on any atom is -0.507 e. The fourth-order valence-corrected chi connectivity index (χ4v) is 1.81. The van der Waals surface area contributed by atoms with Crippen LogP contribution in [0.2, 0.25) is 0 Å². The highest BCUT2D eigenvalue weighted by atomic mass is 16.5. The van der Waals surface area contributed by atoms with E-state index in [4.69, 9.17) is 10.5 Å². The highest BCUT2D eigenvalue weighted by molar-refractivity contribution is 5.97. The van der Waals surface area contributed by atoms with Crippen molar-refractivity contribution in [1.29, 1.82) is 0 Å². The monoisotopic (exact) mass is 266 g/mol. The Kier molecular flexibility index (Phi) is 6.15. The number of benzene rings is 1. The van der Waals surface area contributed by atoms with Gasteiger partial charge in [0, 0.05) is 25.7 Å². The van der Waals surface area contributed by atoms with Gasteiger partial charge >= 0.3 is 0 Å². The minimum absolute atomic E-state index is 0.0668. The first-order valence-electron chi connectivity index (χ1n) is 6.50. The molecule has 0 unspecified atom stereocenters. The summed E-state index contributed by atoms with van der Waals surface area (Å²) in [7, 11) is 1.51. The van der Waals surface area contributed by atoms with Crippen LogP contribution in [0.1, 0.15) is 30.1 Å². The molecule has 1 amide bonds. The molecule has 5 heteroatoms. The van der Waals surface area contributed by atoms with Gasteiger partial charge in [0.2, 0.25) is 0 Å². The van der Waals surface area contributed by atoms with Gasteiger partial charge in [0.25, 0.3) is 5.91 Å². The predicted molar refractivity (Wildman–Crippen MR) is 74.5 cm³/mol. The van der Waals surface area contributed by atoms with Gasteiger partial charge in [-0.15, -0.1) is 0 Å². The number of unbranched alkanes of at least 4 members (excludes halogenated alkanes) is 1. The Morgan fingerprint density at radius 3 is 2.68 bits per heavy atom. The molecule has 0 atom stereocenters. The molecule has 0 aliphatic carbocycles. The molecule has 0 aliphatic heterocycles. The van der Waals surface area contributed by atoms with Crippen LogP contribution in [0.3, 0.4) is 0 Å². The normalized spacial score (nSPS) is 10.3. The Hall–Kier alpha value is -1.75. The van der Waals surface area contributed by atoms with Gasteiger partial charge in [0.05, 0.1) is 12.7 Å². The van der Waals surface area contributed by atoms with Crippen LogP contribution in [-0.4, -0.2) is 42.7 Å². The van der Waals surface area contributed by atoms with Crippen molar-refractivity contribution < 1.29 is 14.6 Å². The number of hydrogen-bond acceptors (Lipinski definition) is 4. The number of phenolic OH excluding ortho intramolecular Hbond substituents is 1. The molecule has 1 aromatic carbocycles. The molecule has 19 heavy (non-hydrogen) atoms. The van der Waals surface area contributed by atoms with Crippen LogP contribution in [0.4, 0.5) is 0 Å². The molecule has 0 aromatic heterocycles. The molecule has 0 saturated heterocycles.